The SMILES string of the molecule is Cc1nc2sc3c(SC[C@H](O)CO)ncnc3c2c2c1COC(C)(C)C2. The lowest BCUT2D eigenvalue weighted by molar-refractivity contribution is -0.0400. The number of rotatable bonds is 4. The molecule has 6 nitrogen and oxygen atoms in total. The third-order valence-electron chi connectivity index (χ3n) is 4.63. The van der Waals surface area contributed by atoms with Gasteiger partial charge in [0.2, 0.25) is 0 Å². The first kappa shape index (κ1) is 18.1. The van der Waals surface area contributed by atoms with E-state index in [9.17, 15) is 5.11 Å². The van der Waals surface area contributed by atoms with Crippen molar-refractivity contribution in [2.24, 2.45) is 0 Å². The van der Waals surface area contributed by atoms with Gasteiger partial charge in [-0.25, -0.2) is 15.0 Å². The molecular formula is C18H21N3O3S2. The molecule has 0 fully saturated rings. The normalized spacial score (nSPS) is 17.6. The zero-order valence-corrected chi connectivity index (χ0v) is 16.6. The molecule has 0 amide bonds. The van der Waals surface area contributed by atoms with Crippen molar-refractivity contribution in [3.05, 3.63) is 23.1 Å². The van der Waals surface area contributed by atoms with Gasteiger partial charge in [-0.3, -0.25) is 0 Å². The van der Waals surface area contributed by atoms with Gasteiger partial charge in [-0.2, -0.15) is 0 Å². The molecule has 0 spiro atoms. The molecule has 0 aliphatic carbocycles. The summed E-state index contributed by atoms with van der Waals surface area (Å²) in [5.41, 5.74) is 4.16. The molecule has 138 valence electrons. The highest BCUT2D eigenvalue weighted by molar-refractivity contribution is 7.99. The number of thioether (sulfide) groups is 1. The average molecular weight is 392 g/mol. The maximum atomic E-state index is 9.65. The van der Waals surface area contributed by atoms with E-state index in [1.54, 1.807) is 17.7 Å². The first-order valence-corrected chi connectivity index (χ1v) is 10.3. The van der Waals surface area contributed by atoms with E-state index in [2.05, 4.69) is 23.8 Å². The second-order valence-electron chi connectivity index (χ2n) is 7.17. The van der Waals surface area contributed by atoms with Gasteiger partial charge in [0.25, 0.3) is 0 Å². The average Bonchev–Trinajstić information content (AvgIpc) is 2.97. The molecule has 26 heavy (non-hydrogen) atoms. The van der Waals surface area contributed by atoms with Crippen molar-refractivity contribution in [2.75, 3.05) is 12.4 Å². The highest BCUT2D eigenvalue weighted by Gasteiger charge is 2.30. The number of thiophene rings is 1. The number of nitrogens with zero attached hydrogens (tertiary/aromatic N) is 3. The van der Waals surface area contributed by atoms with Crippen molar-refractivity contribution < 1.29 is 14.9 Å². The van der Waals surface area contributed by atoms with Crippen molar-refractivity contribution in [3.8, 4) is 0 Å². The first-order chi connectivity index (χ1) is 12.4. The van der Waals surface area contributed by atoms with Crippen LogP contribution in [0.3, 0.4) is 0 Å². The van der Waals surface area contributed by atoms with Crippen LogP contribution in [0.4, 0.5) is 0 Å². The van der Waals surface area contributed by atoms with Gasteiger partial charge in [0.05, 0.1) is 35.1 Å². The third-order valence-corrected chi connectivity index (χ3v) is 6.97. The fraction of sp³-hybridized carbons (Fsp3) is 0.500. The number of fused-ring (bicyclic) bond motifs is 5. The molecule has 3 aromatic heterocycles. The number of aliphatic hydroxyl groups is 2. The van der Waals surface area contributed by atoms with Crippen molar-refractivity contribution >= 4 is 43.5 Å². The lowest BCUT2D eigenvalue weighted by atomic mass is 9.89. The van der Waals surface area contributed by atoms with Gasteiger partial charge in [0, 0.05) is 28.8 Å². The minimum absolute atomic E-state index is 0.210. The van der Waals surface area contributed by atoms with Gasteiger partial charge in [0.1, 0.15) is 16.2 Å². The van der Waals surface area contributed by atoms with E-state index < -0.39 is 6.10 Å². The van der Waals surface area contributed by atoms with Crippen LogP contribution in [0.2, 0.25) is 0 Å². The highest BCUT2D eigenvalue weighted by Crippen LogP contribution is 2.42. The predicted molar refractivity (Wildman–Crippen MR) is 104 cm³/mol. The molecule has 8 heteroatoms. The van der Waals surface area contributed by atoms with Crippen molar-refractivity contribution in [3.63, 3.8) is 0 Å². The number of hydrogen-bond donors (Lipinski definition) is 2. The minimum atomic E-state index is -0.759. The van der Waals surface area contributed by atoms with Crippen LogP contribution in [0.5, 0.6) is 0 Å². The summed E-state index contributed by atoms with van der Waals surface area (Å²) < 4.78 is 6.97. The summed E-state index contributed by atoms with van der Waals surface area (Å²) in [4.78, 5) is 14.7. The maximum Gasteiger partial charge on any atom is 0.126 e. The monoisotopic (exact) mass is 391 g/mol. The van der Waals surface area contributed by atoms with E-state index in [-0.39, 0.29) is 12.2 Å². The molecule has 0 radical (unpaired) electrons. The van der Waals surface area contributed by atoms with E-state index in [0.29, 0.717) is 12.4 Å². The molecule has 1 aliphatic heterocycles. The quantitative estimate of drug-likeness (QED) is 0.522. The van der Waals surface area contributed by atoms with Crippen LogP contribution in [-0.4, -0.2) is 49.2 Å². The van der Waals surface area contributed by atoms with Gasteiger partial charge >= 0.3 is 0 Å². The number of hydrogen-bond acceptors (Lipinski definition) is 8. The zero-order valence-electron chi connectivity index (χ0n) is 14.9. The van der Waals surface area contributed by atoms with Crippen LogP contribution < -0.4 is 0 Å². The Labute approximate surface area is 159 Å². The van der Waals surface area contributed by atoms with Crippen molar-refractivity contribution in [1.29, 1.82) is 0 Å². The van der Waals surface area contributed by atoms with Crippen LogP contribution in [0.1, 0.15) is 30.7 Å². The Morgan fingerprint density at radius 2 is 2.15 bits per heavy atom. The Hall–Kier alpha value is -1.32. The van der Waals surface area contributed by atoms with E-state index in [1.807, 2.05) is 6.92 Å². The van der Waals surface area contributed by atoms with E-state index in [1.165, 1.54) is 22.9 Å². The number of ether oxygens (including phenoxy) is 1. The van der Waals surface area contributed by atoms with Crippen molar-refractivity contribution in [1.82, 2.24) is 15.0 Å². The Morgan fingerprint density at radius 3 is 2.92 bits per heavy atom. The standard InChI is InChI=1S/C18H21N3O3S2/c1-9-12-6-24-18(2,3)4-11(12)13-14-15(26-16(13)21-9)17(20-8-19-14)25-7-10(23)5-22/h8,10,22-23H,4-7H2,1-3H3/t10-/m1/s1. The molecule has 1 atom stereocenters. The van der Waals surface area contributed by atoms with Crippen LogP contribution in [-0.2, 0) is 17.8 Å². The van der Waals surface area contributed by atoms with Gasteiger partial charge in [-0.1, -0.05) is 0 Å². The molecule has 4 rings (SSSR count). The Morgan fingerprint density at radius 1 is 1.35 bits per heavy atom. The zero-order chi connectivity index (χ0) is 18.5. The minimum Gasteiger partial charge on any atom is -0.394 e. The number of aliphatic hydroxyl groups excluding tert-OH is 2. The van der Waals surface area contributed by atoms with Gasteiger partial charge in [0.15, 0.2) is 0 Å². The third kappa shape index (κ3) is 3.10. The topological polar surface area (TPSA) is 88.4 Å². The fourth-order valence-corrected chi connectivity index (χ4v) is 5.47. The van der Waals surface area contributed by atoms with Crippen LogP contribution in [0.15, 0.2) is 11.4 Å². The van der Waals surface area contributed by atoms with E-state index >= 15 is 0 Å². The summed E-state index contributed by atoms with van der Waals surface area (Å²) in [6.07, 6.45) is 1.63. The smallest absolute Gasteiger partial charge is 0.126 e. The second-order valence-corrected chi connectivity index (χ2v) is 9.17. The molecule has 3 aromatic rings. The number of pyridine rings is 1. The summed E-state index contributed by atoms with van der Waals surface area (Å²) in [5.74, 6) is 0.391. The van der Waals surface area contributed by atoms with E-state index in [0.717, 1.165) is 37.6 Å². The lowest BCUT2D eigenvalue weighted by Crippen LogP contribution is -2.32. The van der Waals surface area contributed by atoms with Gasteiger partial charge in [-0.15, -0.1) is 23.1 Å². The number of aromatic nitrogens is 3. The summed E-state index contributed by atoms with van der Waals surface area (Å²) in [7, 11) is 0. The van der Waals surface area contributed by atoms with Crippen LogP contribution >= 0.6 is 23.1 Å². The Kier molecular flexibility index (Phi) is 4.65. The summed E-state index contributed by atoms with van der Waals surface area (Å²) in [6, 6.07) is 0. The second kappa shape index (κ2) is 6.69. The molecule has 0 saturated heterocycles. The largest absolute Gasteiger partial charge is 0.394 e. The van der Waals surface area contributed by atoms with E-state index in [4.69, 9.17) is 14.8 Å². The Bertz CT molecular complexity index is 987. The van der Waals surface area contributed by atoms with Crippen LogP contribution in [0, 0.1) is 6.92 Å². The lowest BCUT2D eigenvalue weighted by Gasteiger charge is -2.32. The van der Waals surface area contributed by atoms with Crippen LogP contribution in [0.25, 0.3) is 20.4 Å². The summed E-state index contributed by atoms with van der Waals surface area (Å²) >= 11 is 3.03. The molecule has 0 unspecified atom stereocenters. The van der Waals surface area contributed by atoms with Crippen molar-refractivity contribution in [2.45, 2.75) is 50.5 Å². The molecule has 0 saturated carbocycles. The predicted octanol–water partition coefficient (Wildman–Crippen LogP) is 2.84. The molecule has 2 N–H and O–H groups in total. The molecule has 0 aromatic carbocycles. The highest BCUT2D eigenvalue weighted by atomic mass is 32.2. The van der Waals surface area contributed by atoms with Gasteiger partial charge < -0.3 is 14.9 Å². The maximum absolute atomic E-state index is 9.65. The molecule has 0 bridgehead atoms. The Balaban J connectivity index is 1.90. The summed E-state index contributed by atoms with van der Waals surface area (Å²) in [6.45, 7) is 6.57. The molecule has 1 aliphatic rings. The number of aryl methyl sites for hydroxylation is 1. The van der Waals surface area contributed by atoms with Gasteiger partial charge in [-0.05, 0) is 26.3 Å². The fourth-order valence-electron chi connectivity index (χ4n) is 3.28. The first-order valence-electron chi connectivity index (χ1n) is 8.51. The summed E-state index contributed by atoms with van der Waals surface area (Å²) in [5, 5.41) is 20.6. The molecule has 4 heterocycles. The molecular weight excluding hydrogens is 370 g/mol.